The number of benzene rings is 1. The van der Waals surface area contributed by atoms with E-state index >= 15 is 0 Å². The van der Waals surface area contributed by atoms with Crippen molar-refractivity contribution >= 4 is 11.8 Å². The van der Waals surface area contributed by atoms with Crippen molar-refractivity contribution in [2.45, 2.75) is 52.5 Å². The zero-order chi connectivity index (χ0) is 18.2. The lowest BCUT2D eigenvalue weighted by Crippen LogP contribution is -2.49. The standard InChI is InChI=1S/C20H28N2O3/c1-20(2,3)19(25)22-11-5-6-13(12-22)18(24)21-16-10-9-15-14(16)7-4-8-17(15)23/h4,7-8,13,16,23H,5-6,9-12H2,1-3H3,(H,21,24)/t13-,16+/m0/s1. The summed E-state index contributed by atoms with van der Waals surface area (Å²) in [5.41, 5.74) is 1.55. The summed E-state index contributed by atoms with van der Waals surface area (Å²) in [7, 11) is 0. The molecule has 2 aliphatic rings. The third-order valence-electron chi connectivity index (χ3n) is 5.28. The maximum atomic E-state index is 12.8. The van der Waals surface area contributed by atoms with Gasteiger partial charge in [0, 0.05) is 18.5 Å². The first-order valence-corrected chi connectivity index (χ1v) is 9.18. The van der Waals surface area contributed by atoms with Crippen LogP contribution in [0.25, 0.3) is 0 Å². The summed E-state index contributed by atoms with van der Waals surface area (Å²) in [4.78, 5) is 27.1. The van der Waals surface area contributed by atoms with E-state index in [2.05, 4.69) is 5.32 Å². The molecule has 25 heavy (non-hydrogen) atoms. The fourth-order valence-corrected chi connectivity index (χ4v) is 3.92. The van der Waals surface area contributed by atoms with Crippen LogP contribution in [0.3, 0.4) is 0 Å². The Morgan fingerprint density at radius 3 is 2.72 bits per heavy atom. The van der Waals surface area contributed by atoms with Gasteiger partial charge in [-0.05, 0) is 42.9 Å². The number of carbonyl (C=O) groups is 2. The quantitative estimate of drug-likeness (QED) is 0.867. The van der Waals surface area contributed by atoms with Gasteiger partial charge in [0.15, 0.2) is 0 Å². The number of carbonyl (C=O) groups excluding carboxylic acids is 2. The molecule has 1 aliphatic heterocycles. The molecule has 1 aliphatic carbocycles. The number of rotatable bonds is 2. The zero-order valence-electron chi connectivity index (χ0n) is 15.3. The van der Waals surface area contributed by atoms with Crippen LogP contribution in [-0.4, -0.2) is 34.9 Å². The van der Waals surface area contributed by atoms with Crippen LogP contribution in [-0.2, 0) is 16.0 Å². The molecule has 5 nitrogen and oxygen atoms in total. The minimum Gasteiger partial charge on any atom is -0.508 e. The minimum atomic E-state index is -0.416. The van der Waals surface area contributed by atoms with Crippen LogP contribution in [0.4, 0.5) is 0 Å². The Balaban J connectivity index is 1.65. The van der Waals surface area contributed by atoms with E-state index in [-0.39, 0.29) is 23.8 Å². The van der Waals surface area contributed by atoms with E-state index in [0.717, 1.165) is 43.4 Å². The van der Waals surface area contributed by atoms with Gasteiger partial charge in [-0.3, -0.25) is 9.59 Å². The van der Waals surface area contributed by atoms with E-state index in [9.17, 15) is 14.7 Å². The van der Waals surface area contributed by atoms with Crippen LogP contribution >= 0.6 is 0 Å². The fraction of sp³-hybridized carbons (Fsp3) is 0.600. The van der Waals surface area contributed by atoms with Crippen LogP contribution in [0.5, 0.6) is 5.75 Å². The Hall–Kier alpha value is -2.04. The molecule has 3 rings (SSSR count). The van der Waals surface area contributed by atoms with Crippen molar-refractivity contribution in [3.8, 4) is 5.75 Å². The minimum absolute atomic E-state index is 0.0209. The summed E-state index contributed by atoms with van der Waals surface area (Å²) in [5.74, 6) is 0.295. The number of phenolic OH excluding ortho intramolecular Hbond substituents is 1. The van der Waals surface area contributed by atoms with E-state index in [1.54, 1.807) is 6.07 Å². The van der Waals surface area contributed by atoms with E-state index in [4.69, 9.17) is 0 Å². The van der Waals surface area contributed by atoms with Gasteiger partial charge in [0.1, 0.15) is 5.75 Å². The SMILES string of the molecule is CC(C)(C)C(=O)N1CCC[C@H](C(=O)N[C@@H]2CCc3c(O)cccc32)C1. The first-order chi connectivity index (χ1) is 11.8. The second-order valence-corrected chi connectivity index (χ2v) is 8.29. The molecule has 0 aromatic heterocycles. The molecule has 0 unspecified atom stereocenters. The summed E-state index contributed by atoms with van der Waals surface area (Å²) in [6.45, 7) is 6.99. The molecule has 2 atom stereocenters. The fourth-order valence-electron chi connectivity index (χ4n) is 3.92. The second-order valence-electron chi connectivity index (χ2n) is 8.29. The number of piperidine rings is 1. The normalized spacial score (nSPS) is 23.2. The van der Waals surface area contributed by atoms with Gasteiger partial charge in [-0.2, -0.15) is 0 Å². The van der Waals surface area contributed by atoms with Gasteiger partial charge in [0.25, 0.3) is 0 Å². The topological polar surface area (TPSA) is 69.6 Å². The highest BCUT2D eigenvalue weighted by Gasteiger charge is 2.35. The van der Waals surface area contributed by atoms with Crippen molar-refractivity contribution in [2.24, 2.45) is 11.3 Å². The highest BCUT2D eigenvalue weighted by Crippen LogP contribution is 2.36. The van der Waals surface area contributed by atoms with Crippen molar-refractivity contribution in [1.82, 2.24) is 10.2 Å². The first kappa shape index (κ1) is 17.8. The number of aromatic hydroxyl groups is 1. The van der Waals surface area contributed by atoms with E-state index in [0.29, 0.717) is 12.3 Å². The average molecular weight is 344 g/mol. The molecule has 5 heteroatoms. The molecule has 2 N–H and O–H groups in total. The van der Waals surface area contributed by atoms with Crippen molar-refractivity contribution < 1.29 is 14.7 Å². The molecule has 136 valence electrons. The highest BCUT2D eigenvalue weighted by molar-refractivity contribution is 5.84. The lowest BCUT2D eigenvalue weighted by atomic mass is 9.90. The Kier molecular flexibility index (Phi) is 4.76. The second kappa shape index (κ2) is 6.70. The van der Waals surface area contributed by atoms with E-state index in [1.165, 1.54) is 0 Å². The number of hydrogen-bond acceptors (Lipinski definition) is 3. The maximum Gasteiger partial charge on any atom is 0.227 e. The molecule has 1 heterocycles. The molecule has 1 aromatic rings. The largest absolute Gasteiger partial charge is 0.508 e. The summed E-state index contributed by atoms with van der Waals surface area (Å²) in [5, 5.41) is 13.1. The van der Waals surface area contributed by atoms with Crippen LogP contribution < -0.4 is 5.32 Å². The number of nitrogens with one attached hydrogen (secondary N) is 1. The highest BCUT2D eigenvalue weighted by atomic mass is 16.3. The molecule has 1 fully saturated rings. The van der Waals surface area contributed by atoms with Gasteiger partial charge in [-0.1, -0.05) is 32.9 Å². The van der Waals surface area contributed by atoms with Gasteiger partial charge in [-0.15, -0.1) is 0 Å². The molecule has 1 saturated heterocycles. The van der Waals surface area contributed by atoms with Crippen LogP contribution in [0.2, 0.25) is 0 Å². The lowest BCUT2D eigenvalue weighted by Gasteiger charge is -2.36. The summed E-state index contributed by atoms with van der Waals surface area (Å²) < 4.78 is 0. The molecule has 0 radical (unpaired) electrons. The average Bonchev–Trinajstić information content (AvgIpc) is 2.98. The Bertz CT molecular complexity index is 678. The van der Waals surface area contributed by atoms with Crippen LogP contribution in [0, 0.1) is 11.3 Å². The zero-order valence-corrected chi connectivity index (χ0v) is 15.3. The third kappa shape index (κ3) is 3.65. The molecule has 0 bridgehead atoms. The maximum absolute atomic E-state index is 12.8. The molecule has 2 amide bonds. The Labute approximate surface area is 149 Å². The van der Waals surface area contributed by atoms with Crippen molar-refractivity contribution in [1.29, 1.82) is 0 Å². The van der Waals surface area contributed by atoms with Gasteiger partial charge in [0.2, 0.25) is 11.8 Å². The predicted octanol–water partition coefficient (Wildman–Crippen LogP) is 2.78. The first-order valence-electron chi connectivity index (χ1n) is 9.18. The van der Waals surface area contributed by atoms with E-state index < -0.39 is 5.41 Å². The van der Waals surface area contributed by atoms with Gasteiger partial charge < -0.3 is 15.3 Å². The number of hydrogen-bond donors (Lipinski definition) is 2. The summed E-state index contributed by atoms with van der Waals surface area (Å²) in [6.07, 6.45) is 3.28. The number of likely N-dealkylation sites (tertiary alicyclic amines) is 1. The molecule has 0 saturated carbocycles. The Morgan fingerprint density at radius 2 is 2.00 bits per heavy atom. The van der Waals surface area contributed by atoms with Crippen molar-refractivity contribution in [3.63, 3.8) is 0 Å². The van der Waals surface area contributed by atoms with Crippen LogP contribution in [0.15, 0.2) is 18.2 Å². The van der Waals surface area contributed by atoms with Gasteiger partial charge in [0.05, 0.1) is 12.0 Å². The molecular weight excluding hydrogens is 316 g/mol. The monoisotopic (exact) mass is 344 g/mol. The molecule has 1 aromatic carbocycles. The van der Waals surface area contributed by atoms with Crippen molar-refractivity contribution in [2.75, 3.05) is 13.1 Å². The lowest BCUT2D eigenvalue weighted by molar-refractivity contribution is -0.142. The van der Waals surface area contributed by atoms with Crippen LogP contribution in [0.1, 0.15) is 57.2 Å². The van der Waals surface area contributed by atoms with E-state index in [1.807, 2.05) is 37.8 Å². The number of amides is 2. The van der Waals surface area contributed by atoms with Crippen molar-refractivity contribution in [3.05, 3.63) is 29.3 Å². The number of phenols is 1. The smallest absolute Gasteiger partial charge is 0.227 e. The summed E-state index contributed by atoms with van der Waals surface area (Å²) in [6, 6.07) is 5.45. The predicted molar refractivity (Wildman–Crippen MR) is 96.1 cm³/mol. The van der Waals surface area contributed by atoms with Gasteiger partial charge >= 0.3 is 0 Å². The molecular formula is C20H28N2O3. The Morgan fingerprint density at radius 1 is 1.24 bits per heavy atom. The summed E-state index contributed by atoms with van der Waals surface area (Å²) >= 11 is 0. The number of fused-ring (bicyclic) bond motifs is 1. The number of nitrogens with zero attached hydrogens (tertiary/aromatic N) is 1. The van der Waals surface area contributed by atoms with Gasteiger partial charge in [-0.25, -0.2) is 0 Å². The molecule has 0 spiro atoms. The third-order valence-corrected chi connectivity index (χ3v) is 5.28.